The van der Waals surface area contributed by atoms with E-state index in [0.717, 1.165) is 11.1 Å². The third-order valence-electron chi connectivity index (χ3n) is 5.25. The average molecular weight is 459 g/mol. The van der Waals surface area contributed by atoms with E-state index in [4.69, 9.17) is 21.4 Å². The molecule has 2 N–H and O–H groups in total. The summed E-state index contributed by atoms with van der Waals surface area (Å²) in [5.41, 5.74) is 3.19. The number of oxime groups is 1. The van der Waals surface area contributed by atoms with Gasteiger partial charge in [-0.05, 0) is 53.9 Å². The van der Waals surface area contributed by atoms with E-state index in [1.54, 1.807) is 31.4 Å². The number of halogens is 2. The van der Waals surface area contributed by atoms with Crippen LogP contribution in [0.3, 0.4) is 0 Å². The first kappa shape index (κ1) is 23.5. The van der Waals surface area contributed by atoms with Gasteiger partial charge in [-0.25, -0.2) is 4.39 Å². The van der Waals surface area contributed by atoms with Crippen molar-refractivity contribution in [1.82, 2.24) is 4.57 Å². The van der Waals surface area contributed by atoms with Crippen LogP contribution in [0.4, 0.5) is 4.39 Å². The van der Waals surface area contributed by atoms with Gasteiger partial charge in [0.05, 0.1) is 12.3 Å². The van der Waals surface area contributed by atoms with E-state index in [2.05, 4.69) is 5.16 Å². The van der Waals surface area contributed by atoms with Crippen molar-refractivity contribution < 1.29 is 19.4 Å². The number of hydrogen-bond donors (Lipinski definition) is 2. The molecule has 6 nitrogen and oxygen atoms in total. The minimum Gasteiger partial charge on any atom is -0.488 e. The van der Waals surface area contributed by atoms with E-state index >= 15 is 0 Å². The van der Waals surface area contributed by atoms with E-state index in [1.807, 2.05) is 19.1 Å². The van der Waals surface area contributed by atoms with Crippen molar-refractivity contribution in [2.75, 3.05) is 13.2 Å². The van der Waals surface area contributed by atoms with E-state index in [0.29, 0.717) is 21.9 Å². The zero-order chi connectivity index (χ0) is 23.3. The fourth-order valence-corrected chi connectivity index (χ4v) is 3.84. The number of aliphatic hydroxyl groups excluding tert-OH is 1. The summed E-state index contributed by atoms with van der Waals surface area (Å²) in [6.07, 6.45) is 1.84. The van der Waals surface area contributed by atoms with Crippen LogP contribution in [0.1, 0.15) is 34.6 Å². The van der Waals surface area contributed by atoms with E-state index in [-0.39, 0.29) is 36.9 Å². The molecule has 0 fully saturated rings. The summed E-state index contributed by atoms with van der Waals surface area (Å²) in [7, 11) is 1.61. The second kappa shape index (κ2) is 10.4. The first-order chi connectivity index (χ1) is 15.3. The summed E-state index contributed by atoms with van der Waals surface area (Å²) >= 11 is 6.13. The Morgan fingerprint density at radius 1 is 1.22 bits per heavy atom. The van der Waals surface area contributed by atoms with E-state index in [9.17, 15) is 14.4 Å². The molecule has 8 heteroatoms. The van der Waals surface area contributed by atoms with Gasteiger partial charge in [0.25, 0.3) is 0 Å². The molecule has 0 spiro atoms. The fraction of sp³-hybridized carbons (Fsp3) is 0.250. The highest BCUT2D eigenvalue weighted by Gasteiger charge is 2.22. The van der Waals surface area contributed by atoms with Crippen molar-refractivity contribution in [2.45, 2.75) is 19.3 Å². The largest absolute Gasteiger partial charge is 0.488 e. The standard InChI is InChI=1S/C24H24ClFN2O4/c1-15-11-18(25)5-6-19(15)20(16-3-7-23(21(26)12-16)32-10-9-29)13-22(27-31)17-4-8-24(30)28(2)14-17/h3-8,11-12,14,20,29,31H,9-10,13H2,1-2H3/b27-22-. The molecule has 1 heterocycles. The molecule has 0 saturated heterocycles. The molecule has 2 aromatic carbocycles. The lowest BCUT2D eigenvalue weighted by Gasteiger charge is -2.22. The third-order valence-corrected chi connectivity index (χ3v) is 5.49. The van der Waals surface area contributed by atoms with Crippen LogP contribution >= 0.6 is 11.6 Å². The maximum atomic E-state index is 14.7. The second-order valence-electron chi connectivity index (χ2n) is 7.43. The van der Waals surface area contributed by atoms with Crippen LogP contribution in [0.5, 0.6) is 5.75 Å². The number of aromatic nitrogens is 1. The Bertz CT molecular complexity index is 1190. The highest BCUT2D eigenvalue weighted by atomic mass is 35.5. The molecular formula is C24H24ClFN2O4. The molecule has 0 amide bonds. The Morgan fingerprint density at radius 2 is 2.00 bits per heavy atom. The minimum atomic E-state index is -0.558. The Labute approximate surface area is 190 Å². The van der Waals surface area contributed by atoms with Crippen LogP contribution in [0.2, 0.25) is 5.02 Å². The molecule has 168 valence electrons. The minimum absolute atomic E-state index is 0.00989. The van der Waals surface area contributed by atoms with Crippen LogP contribution in [0, 0.1) is 12.7 Å². The molecular weight excluding hydrogens is 435 g/mol. The quantitative estimate of drug-likeness (QED) is 0.300. The summed E-state index contributed by atoms with van der Waals surface area (Å²) in [6.45, 7) is 1.68. The predicted octanol–water partition coefficient (Wildman–Crippen LogP) is 4.26. The van der Waals surface area contributed by atoms with Crippen LogP contribution in [-0.4, -0.2) is 33.8 Å². The van der Waals surface area contributed by atoms with Gasteiger partial charge in [0.15, 0.2) is 11.6 Å². The topological polar surface area (TPSA) is 84.1 Å². The number of ether oxygens (including phenoxy) is 1. The summed E-state index contributed by atoms with van der Waals surface area (Å²) < 4.78 is 21.3. The molecule has 0 bridgehead atoms. The van der Waals surface area contributed by atoms with Crippen molar-refractivity contribution in [3.63, 3.8) is 0 Å². The molecule has 0 saturated carbocycles. The van der Waals surface area contributed by atoms with Crippen LogP contribution in [0.15, 0.2) is 64.7 Å². The van der Waals surface area contributed by atoms with Crippen molar-refractivity contribution >= 4 is 17.3 Å². The van der Waals surface area contributed by atoms with Gasteiger partial charge in [-0.3, -0.25) is 4.79 Å². The van der Waals surface area contributed by atoms with Crippen LogP contribution in [-0.2, 0) is 7.05 Å². The molecule has 1 unspecified atom stereocenters. The zero-order valence-corrected chi connectivity index (χ0v) is 18.5. The predicted molar refractivity (Wildman–Crippen MR) is 122 cm³/mol. The maximum Gasteiger partial charge on any atom is 0.250 e. The number of aryl methyl sites for hydroxylation is 2. The number of rotatable bonds is 8. The van der Waals surface area contributed by atoms with Gasteiger partial charge >= 0.3 is 0 Å². The first-order valence-electron chi connectivity index (χ1n) is 10.0. The lowest BCUT2D eigenvalue weighted by molar-refractivity contribution is 0.196. The summed E-state index contributed by atoms with van der Waals surface area (Å²) in [6, 6.07) is 13.1. The molecule has 3 aromatic rings. The molecule has 0 radical (unpaired) electrons. The molecule has 1 atom stereocenters. The fourth-order valence-electron chi connectivity index (χ4n) is 3.62. The van der Waals surface area contributed by atoms with Gasteiger partial charge in [-0.2, -0.15) is 0 Å². The molecule has 0 aliphatic carbocycles. The Kier molecular flexibility index (Phi) is 7.66. The van der Waals surface area contributed by atoms with Gasteiger partial charge in [0, 0.05) is 42.2 Å². The van der Waals surface area contributed by atoms with Gasteiger partial charge in [-0.1, -0.05) is 28.9 Å². The summed E-state index contributed by atoms with van der Waals surface area (Å²) in [5.74, 6) is -0.877. The van der Waals surface area contributed by atoms with Crippen LogP contribution < -0.4 is 10.3 Å². The molecule has 3 rings (SSSR count). The number of hydrogen-bond acceptors (Lipinski definition) is 5. The summed E-state index contributed by atoms with van der Waals surface area (Å²) in [5, 5.41) is 22.7. The van der Waals surface area contributed by atoms with Gasteiger partial charge in [-0.15, -0.1) is 0 Å². The van der Waals surface area contributed by atoms with Crippen molar-refractivity contribution in [2.24, 2.45) is 12.2 Å². The third kappa shape index (κ3) is 5.36. The number of nitrogens with zero attached hydrogens (tertiary/aromatic N) is 2. The lowest BCUT2D eigenvalue weighted by Crippen LogP contribution is -2.18. The SMILES string of the molecule is Cc1cc(Cl)ccc1C(C/C(=N/O)c1ccc(=O)n(C)c1)c1ccc(OCCO)c(F)c1. The van der Waals surface area contributed by atoms with E-state index in [1.165, 1.54) is 22.8 Å². The zero-order valence-electron chi connectivity index (χ0n) is 17.8. The monoisotopic (exact) mass is 458 g/mol. The van der Waals surface area contributed by atoms with Crippen molar-refractivity contribution in [3.8, 4) is 5.75 Å². The Morgan fingerprint density at radius 3 is 2.62 bits per heavy atom. The highest BCUT2D eigenvalue weighted by molar-refractivity contribution is 6.30. The van der Waals surface area contributed by atoms with Crippen molar-refractivity contribution in [1.29, 1.82) is 0 Å². The maximum absolute atomic E-state index is 14.7. The van der Waals surface area contributed by atoms with Crippen molar-refractivity contribution in [3.05, 3.63) is 98.2 Å². The van der Waals surface area contributed by atoms with Gasteiger partial charge in [0.2, 0.25) is 5.56 Å². The van der Waals surface area contributed by atoms with Gasteiger partial charge in [0.1, 0.15) is 6.61 Å². The lowest BCUT2D eigenvalue weighted by atomic mass is 9.83. The summed E-state index contributed by atoms with van der Waals surface area (Å²) in [4.78, 5) is 11.7. The first-order valence-corrected chi connectivity index (χ1v) is 10.4. The average Bonchev–Trinajstić information content (AvgIpc) is 2.76. The number of benzene rings is 2. The van der Waals surface area contributed by atoms with Crippen LogP contribution in [0.25, 0.3) is 0 Å². The van der Waals surface area contributed by atoms with E-state index < -0.39 is 5.82 Å². The smallest absolute Gasteiger partial charge is 0.250 e. The Balaban J connectivity index is 2.05. The number of pyridine rings is 1. The second-order valence-corrected chi connectivity index (χ2v) is 7.87. The normalized spacial score (nSPS) is 12.6. The molecule has 1 aromatic heterocycles. The molecule has 32 heavy (non-hydrogen) atoms. The Hall–Kier alpha value is -3.16. The molecule has 0 aliphatic rings. The number of aliphatic hydroxyl groups is 1. The highest BCUT2D eigenvalue weighted by Crippen LogP contribution is 2.34. The molecule has 0 aliphatic heterocycles. The van der Waals surface area contributed by atoms with Gasteiger partial charge < -0.3 is 19.6 Å².